The van der Waals surface area contributed by atoms with Crippen LogP contribution in [0.25, 0.3) is 0 Å². The number of hydrogen-bond donors (Lipinski definition) is 0. The van der Waals surface area contributed by atoms with E-state index in [2.05, 4.69) is 28.6 Å². The summed E-state index contributed by atoms with van der Waals surface area (Å²) in [5.41, 5.74) is 0.116. The van der Waals surface area contributed by atoms with E-state index in [4.69, 9.17) is 0 Å². The summed E-state index contributed by atoms with van der Waals surface area (Å²) in [5, 5.41) is 11.2. The number of aromatic nitrogens is 1. The summed E-state index contributed by atoms with van der Waals surface area (Å²) in [4.78, 5) is 19.9. The monoisotopic (exact) mass is 304 g/mol. The van der Waals surface area contributed by atoms with E-state index < -0.39 is 0 Å². The molecule has 22 heavy (non-hydrogen) atoms. The topological polar surface area (TPSA) is 62.5 Å². The highest BCUT2D eigenvalue weighted by atomic mass is 16.6. The fourth-order valence-electron chi connectivity index (χ4n) is 4.10. The Bertz CT molecular complexity index is 541. The van der Waals surface area contributed by atoms with Crippen LogP contribution in [-0.2, 0) is 0 Å². The Hall–Kier alpha value is -1.69. The molecule has 120 valence electrons. The summed E-state index contributed by atoms with van der Waals surface area (Å²) in [6.07, 6.45) is 6.38. The van der Waals surface area contributed by atoms with Crippen LogP contribution in [0.5, 0.6) is 0 Å². The molecule has 0 N–H and O–H groups in total. The van der Waals surface area contributed by atoms with Gasteiger partial charge < -0.3 is 4.90 Å². The molecule has 2 aliphatic rings. The van der Waals surface area contributed by atoms with E-state index in [1.807, 2.05) is 0 Å². The molecule has 3 heterocycles. The summed E-state index contributed by atoms with van der Waals surface area (Å²) in [6.45, 7) is 6.29. The number of likely N-dealkylation sites (tertiary alicyclic amines) is 1. The van der Waals surface area contributed by atoms with Crippen LogP contribution in [0.2, 0.25) is 0 Å². The third-order valence-corrected chi connectivity index (χ3v) is 5.10. The van der Waals surface area contributed by atoms with Gasteiger partial charge in [-0.25, -0.2) is 4.98 Å². The number of anilines is 1. The maximum Gasteiger partial charge on any atom is 0.311 e. The minimum absolute atomic E-state index is 0.116. The van der Waals surface area contributed by atoms with Gasteiger partial charge in [0.05, 0.1) is 4.92 Å². The highest BCUT2D eigenvalue weighted by Crippen LogP contribution is 2.33. The summed E-state index contributed by atoms with van der Waals surface area (Å²) >= 11 is 0. The van der Waals surface area contributed by atoms with Crippen LogP contribution in [0.15, 0.2) is 18.3 Å². The molecule has 0 amide bonds. The Morgan fingerprint density at radius 1 is 1.27 bits per heavy atom. The minimum atomic E-state index is -0.326. The Balaban J connectivity index is 1.80. The summed E-state index contributed by atoms with van der Waals surface area (Å²) < 4.78 is 0. The molecule has 2 aliphatic heterocycles. The van der Waals surface area contributed by atoms with E-state index in [0.717, 1.165) is 19.5 Å². The lowest BCUT2D eigenvalue weighted by Gasteiger charge is -2.41. The standard InChI is InChI=1S/C16H24N4O2/c1-12-7-8-13(2)19(12)14-5-4-10-18(11-14)16-15(20(21)22)6-3-9-17-16/h3,6,9,12-14H,4-5,7-8,10-11H2,1-2H3/t12-,13+,14-/m0/s1. The number of nitro groups is 1. The Morgan fingerprint density at radius 3 is 2.68 bits per heavy atom. The lowest BCUT2D eigenvalue weighted by atomic mass is 10.0. The van der Waals surface area contributed by atoms with Gasteiger partial charge in [0.25, 0.3) is 0 Å². The summed E-state index contributed by atoms with van der Waals surface area (Å²) in [5.74, 6) is 0.525. The molecule has 0 unspecified atom stereocenters. The second-order valence-corrected chi connectivity index (χ2v) is 6.57. The van der Waals surface area contributed by atoms with E-state index in [-0.39, 0.29) is 10.6 Å². The minimum Gasteiger partial charge on any atom is -0.349 e. The molecule has 1 aromatic rings. The van der Waals surface area contributed by atoms with Crippen LogP contribution < -0.4 is 4.90 Å². The first-order chi connectivity index (χ1) is 10.6. The van der Waals surface area contributed by atoms with Gasteiger partial charge in [-0.1, -0.05) is 0 Å². The number of pyridine rings is 1. The van der Waals surface area contributed by atoms with Crippen LogP contribution in [0, 0.1) is 10.1 Å². The van der Waals surface area contributed by atoms with Crippen LogP contribution in [0.4, 0.5) is 11.5 Å². The van der Waals surface area contributed by atoms with E-state index >= 15 is 0 Å². The average Bonchev–Trinajstić information content (AvgIpc) is 2.86. The number of hydrogen-bond acceptors (Lipinski definition) is 5. The van der Waals surface area contributed by atoms with E-state index in [1.165, 1.54) is 19.3 Å². The van der Waals surface area contributed by atoms with Gasteiger partial charge in [-0.2, -0.15) is 0 Å². The van der Waals surface area contributed by atoms with Gasteiger partial charge >= 0.3 is 5.69 Å². The number of nitrogens with zero attached hydrogens (tertiary/aromatic N) is 4. The highest BCUT2D eigenvalue weighted by Gasteiger charge is 2.36. The molecule has 6 nitrogen and oxygen atoms in total. The first-order valence-electron chi connectivity index (χ1n) is 8.19. The van der Waals surface area contributed by atoms with Crippen LogP contribution >= 0.6 is 0 Å². The maximum absolute atomic E-state index is 11.2. The molecule has 0 radical (unpaired) electrons. The summed E-state index contributed by atoms with van der Waals surface area (Å²) in [7, 11) is 0. The molecule has 1 aromatic heterocycles. The van der Waals surface area contributed by atoms with Crippen molar-refractivity contribution in [1.82, 2.24) is 9.88 Å². The average molecular weight is 304 g/mol. The van der Waals surface area contributed by atoms with Gasteiger partial charge in [0.2, 0.25) is 5.82 Å². The van der Waals surface area contributed by atoms with Crippen molar-refractivity contribution in [2.75, 3.05) is 18.0 Å². The molecule has 0 bridgehead atoms. The van der Waals surface area contributed by atoms with Crippen molar-refractivity contribution in [1.29, 1.82) is 0 Å². The zero-order chi connectivity index (χ0) is 15.7. The van der Waals surface area contributed by atoms with E-state index in [1.54, 1.807) is 18.3 Å². The van der Waals surface area contributed by atoms with Gasteiger partial charge in [0.1, 0.15) is 0 Å². The fraction of sp³-hybridized carbons (Fsp3) is 0.688. The highest BCUT2D eigenvalue weighted by molar-refractivity contribution is 5.57. The summed E-state index contributed by atoms with van der Waals surface area (Å²) in [6, 6.07) is 4.88. The van der Waals surface area contributed by atoms with Gasteiger partial charge in [-0.05, 0) is 45.6 Å². The molecular weight excluding hydrogens is 280 g/mol. The molecule has 2 saturated heterocycles. The first kappa shape index (κ1) is 15.2. The van der Waals surface area contributed by atoms with Crippen molar-refractivity contribution >= 4 is 11.5 Å². The predicted octanol–water partition coefficient (Wildman–Crippen LogP) is 2.83. The molecule has 0 aliphatic carbocycles. The third kappa shape index (κ3) is 2.79. The third-order valence-electron chi connectivity index (χ3n) is 5.10. The zero-order valence-electron chi connectivity index (χ0n) is 13.3. The van der Waals surface area contributed by atoms with Crippen molar-refractivity contribution in [3.63, 3.8) is 0 Å². The molecule has 0 spiro atoms. The van der Waals surface area contributed by atoms with Crippen molar-refractivity contribution in [3.05, 3.63) is 28.4 Å². The van der Waals surface area contributed by atoms with Crippen LogP contribution in [0.3, 0.4) is 0 Å². The molecular formula is C16H24N4O2. The SMILES string of the molecule is C[C@@H]1CC[C@H](C)N1[C@H]1CCCN(c2ncccc2[N+](=O)[O-])C1. The number of piperidine rings is 1. The molecule has 0 saturated carbocycles. The zero-order valence-corrected chi connectivity index (χ0v) is 13.3. The van der Waals surface area contributed by atoms with Gasteiger partial charge in [0.15, 0.2) is 0 Å². The fourth-order valence-corrected chi connectivity index (χ4v) is 4.10. The Labute approximate surface area is 131 Å². The second-order valence-electron chi connectivity index (χ2n) is 6.57. The lowest BCUT2D eigenvalue weighted by molar-refractivity contribution is -0.384. The van der Waals surface area contributed by atoms with Gasteiger partial charge in [-0.3, -0.25) is 15.0 Å². The molecule has 3 atom stereocenters. The Kier molecular flexibility index (Phi) is 4.29. The number of rotatable bonds is 3. The lowest BCUT2D eigenvalue weighted by Crippen LogP contribution is -2.51. The van der Waals surface area contributed by atoms with Gasteiger partial charge in [0, 0.05) is 43.5 Å². The van der Waals surface area contributed by atoms with Crippen LogP contribution in [-0.4, -0.2) is 46.0 Å². The van der Waals surface area contributed by atoms with Gasteiger partial charge in [-0.15, -0.1) is 0 Å². The second kappa shape index (κ2) is 6.20. The smallest absolute Gasteiger partial charge is 0.311 e. The molecule has 0 aromatic carbocycles. The quantitative estimate of drug-likeness (QED) is 0.634. The van der Waals surface area contributed by atoms with Crippen molar-refractivity contribution in [2.24, 2.45) is 0 Å². The largest absolute Gasteiger partial charge is 0.349 e. The van der Waals surface area contributed by atoms with Crippen LogP contribution in [0.1, 0.15) is 39.5 Å². The molecule has 3 rings (SSSR count). The Morgan fingerprint density at radius 2 is 2.00 bits per heavy atom. The molecule has 6 heteroatoms. The van der Waals surface area contributed by atoms with Crippen molar-refractivity contribution < 1.29 is 4.92 Å². The maximum atomic E-state index is 11.2. The molecule has 2 fully saturated rings. The van der Waals surface area contributed by atoms with Crippen molar-refractivity contribution in [3.8, 4) is 0 Å². The normalized spacial score (nSPS) is 29.7. The first-order valence-corrected chi connectivity index (χ1v) is 8.19. The predicted molar refractivity (Wildman–Crippen MR) is 86.1 cm³/mol. The van der Waals surface area contributed by atoms with E-state index in [0.29, 0.717) is 23.9 Å². The van der Waals surface area contributed by atoms with E-state index in [9.17, 15) is 10.1 Å². The van der Waals surface area contributed by atoms with Crippen molar-refractivity contribution in [2.45, 2.75) is 57.7 Å².